The van der Waals surface area contributed by atoms with Crippen molar-refractivity contribution in [3.8, 4) is 5.75 Å². The third-order valence-electron chi connectivity index (χ3n) is 2.99. The highest BCUT2D eigenvalue weighted by atomic mass is 19.1. The van der Waals surface area contributed by atoms with Crippen LogP contribution in [-0.2, 0) is 6.61 Å². The Kier molecular flexibility index (Phi) is 3.89. The molecule has 0 aromatic heterocycles. The quantitative estimate of drug-likeness (QED) is 0.840. The monoisotopic (exact) mass is 274 g/mol. The molecule has 0 aliphatic carbocycles. The fourth-order valence-corrected chi connectivity index (χ4v) is 1.77. The van der Waals surface area contributed by atoms with Crippen molar-refractivity contribution in [2.45, 2.75) is 13.5 Å². The van der Waals surface area contributed by atoms with Crippen molar-refractivity contribution in [3.63, 3.8) is 0 Å². The fraction of sp³-hybridized carbons (Fsp3) is 0.133. The number of nitrogen functional groups attached to an aromatic ring is 1. The van der Waals surface area contributed by atoms with Gasteiger partial charge in [-0.1, -0.05) is 6.07 Å². The number of nitrogens with two attached hydrogens (primary N) is 2. The minimum atomic E-state index is -0.511. The predicted molar refractivity (Wildman–Crippen MR) is 74.8 cm³/mol. The number of aryl methyl sites for hydroxylation is 1. The number of ether oxygens (including phenoxy) is 1. The Morgan fingerprint density at radius 3 is 2.60 bits per heavy atom. The van der Waals surface area contributed by atoms with E-state index in [2.05, 4.69) is 0 Å². The Balaban J connectivity index is 2.10. The third-order valence-corrected chi connectivity index (χ3v) is 2.99. The second kappa shape index (κ2) is 5.61. The smallest absolute Gasteiger partial charge is 0.248 e. The summed E-state index contributed by atoms with van der Waals surface area (Å²) in [5.74, 6) is -0.584. The van der Waals surface area contributed by atoms with Gasteiger partial charge in [-0.25, -0.2) is 4.39 Å². The highest BCUT2D eigenvalue weighted by molar-refractivity contribution is 5.93. The van der Waals surface area contributed by atoms with Crippen LogP contribution in [0.1, 0.15) is 21.5 Å². The summed E-state index contributed by atoms with van der Waals surface area (Å²) < 4.78 is 18.8. The van der Waals surface area contributed by atoms with Crippen molar-refractivity contribution in [2.24, 2.45) is 5.73 Å². The van der Waals surface area contributed by atoms with E-state index in [1.165, 1.54) is 12.1 Å². The van der Waals surface area contributed by atoms with Gasteiger partial charge >= 0.3 is 0 Å². The summed E-state index contributed by atoms with van der Waals surface area (Å²) >= 11 is 0. The molecule has 20 heavy (non-hydrogen) atoms. The lowest BCUT2D eigenvalue weighted by Crippen LogP contribution is -2.11. The van der Waals surface area contributed by atoms with Crippen LogP contribution in [0.5, 0.6) is 5.75 Å². The molecule has 0 saturated carbocycles. The highest BCUT2D eigenvalue weighted by Gasteiger charge is 2.06. The Morgan fingerprint density at radius 1 is 1.25 bits per heavy atom. The van der Waals surface area contributed by atoms with Gasteiger partial charge in [0.15, 0.2) is 0 Å². The van der Waals surface area contributed by atoms with Gasteiger partial charge in [0.2, 0.25) is 5.91 Å². The molecule has 2 aromatic rings. The van der Waals surface area contributed by atoms with Gasteiger partial charge < -0.3 is 16.2 Å². The lowest BCUT2D eigenvalue weighted by Gasteiger charge is -2.10. The maximum Gasteiger partial charge on any atom is 0.248 e. The van der Waals surface area contributed by atoms with E-state index in [0.29, 0.717) is 11.3 Å². The molecule has 2 rings (SSSR count). The van der Waals surface area contributed by atoms with Crippen LogP contribution in [0, 0.1) is 12.7 Å². The van der Waals surface area contributed by atoms with Crippen LogP contribution in [0.4, 0.5) is 10.1 Å². The first-order valence-electron chi connectivity index (χ1n) is 6.04. The van der Waals surface area contributed by atoms with E-state index in [4.69, 9.17) is 16.2 Å². The van der Waals surface area contributed by atoms with E-state index < -0.39 is 11.7 Å². The van der Waals surface area contributed by atoms with Crippen molar-refractivity contribution in [1.29, 1.82) is 0 Å². The van der Waals surface area contributed by atoms with Gasteiger partial charge in [-0.05, 0) is 42.3 Å². The number of primary amides is 1. The second-order valence-corrected chi connectivity index (χ2v) is 4.48. The van der Waals surface area contributed by atoms with E-state index in [0.717, 1.165) is 11.1 Å². The summed E-state index contributed by atoms with van der Waals surface area (Å²) in [6, 6.07) is 9.40. The molecule has 4 nitrogen and oxygen atoms in total. The average Bonchev–Trinajstić information content (AvgIpc) is 2.41. The van der Waals surface area contributed by atoms with Gasteiger partial charge in [0.05, 0.1) is 5.69 Å². The van der Waals surface area contributed by atoms with Gasteiger partial charge in [0.25, 0.3) is 0 Å². The summed E-state index contributed by atoms with van der Waals surface area (Å²) in [5, 5.41) is 0. The molecule has 0 saturated heterocycles. The van der Waals surface area contributed by atoms with E-state index in [9.17, 15) is 9.18 Å². The number of rotatable bonds is 4. The molecular weight excluding hydrogens is 259 g/mol. The summed E-state index contributed by atoms with van der Waals surface area (Å²) in [5.41, 5.74) is 12.9. The fourth-order valence-electron chi connectivity index (χ4n) is 1.77. The van der Waals surface area contributed by atoms with Gasteiger partial charge in [0.1, 0.15) is 18.2 Å². The Bertz CT molecular complexity index is 656. The van der Waals surface area contributed by atoms with Gasteiger partial charge in [-0.2, -0.15) is 0 Å². The molecule has 0 atom stereocenters. The van der Waals surface area contributed by atoms with Crippen molar-refractivity contribution in [3.05, 3.63) is 58.9 Å². The van der Waals surface area contributed by atoms with Crippen LogP contribution >= 0.6 is 0 Å². The van der Waals surface area contributed by atoms with Crippen molar-refractivity contribution in [2.75, 3.05) is 5.73 Å². The molecule has 0 aliphatic rings. The lowest BCUT2D eigenvalue weighted by atomic mass is 10.1. The first-order chi connectivity index (χ1) is 9.47. The third kappa shape index (κ3) is 3.06. The normalized spacial score (nSPS) is 10.3. The Labute approximate surface area is 116 Å². The maximum absolute atomic E-state index is 13.3. The second-order valence-electron chi connectivity index (χ2n) is 4.48. The van der Waals surface area contributed by atoms with Crippen LogP contribution in [0.25, 0.3) is 0 Å². The first kappa shape index (κ1) is 13.9. The molecule has 0 fully saturated rings. The molecule has 104 valence electrons. The molecule has 0 radical (unpaired) electrons. The summed E-state index contributed by atoms with van der Waals surface area (Å²) in [7, 11) is 0. The Morgan fingerprint density at radius 2 is 2.00 bits per heavy atom. The van der Waals surface area contributed by atoms with E-state index in [-0.39, 0.29) is 12.3 Å². The molecule has 2 aromatic carbocycles. The zero-order valence-corrected chi connectivity index (χ0v) is 11.0. The van der Waals surface area contributed by atoms with Crippen molar-refractivity contribution in [1.82, 2.24) is 0 Å². The molecule has 0 bridgehead atoms. The summed E-state index contributed by atoms with van der Waals surface area (Å²) in [6.45, 7) is 2.13. The number of carbonyl (C=O) groups is 1. The van der Waals surface area contributed by atoms with Crippen molar-refractivity contribution < 1.29 is 13.9 Å². The zero-order valence-electron chi connectivity index (χ0n) is 11.0. The van der Waals surface area contributed by atoms with Gasteiger partial charge in [-0.3, -0.25) is 4.79 Å². The summed E-state index contributed by atoms with van der Waals surface area (Å²) in [4.78, 5) is 11.1. The molecule has 0 aliphatic heterocycles. The average molecular weight is 274 g/mol. The predicted octanol–water partition coefficient (Wildman–Crippen LogP) is 2.39. The number of amides is 1. The molecule has 4 N–H and O–H groups in total. The number of hydrogen-bond donors (Lipinski definition) is 2. The SMILES string of the molecule is Cc1cc(C(N)=O)ccc1COc1ccc(N)c(F)c1. The number of hydrogen-bond acceptors (Lipinski definition) is 3. The molecular formula is C15H15FN2O2. The van der Waals surface area contributed by atoms with Gasteiger partial charge in [0, 0.05) is 11.6 Å². The minimum absolute atomic E-state index is 0.0827. The minimum Gasteiger partial charge on any atom is -0.489 e. The van der Waals surface area contributed by atoms with Crippen LogP contribution < -0.4 is 16.2 Å². The largest absolute Gasteiger partial charge is 0.489 e. The lowest BCUT2D eigenvalue weighted by molar-refractivity contribution is 0.1000. The number of benzene rings is 2. The molecule has 5 heteroatoms. The topological polar surface area (TPSA) is 78.3 Å². The van der Waals surface area contributed by atoms with Gasteiger partial charge in [-0.15, -0.1) is 0 Å². The molecule has 1 amide bonds. The van der Waals surface area contributed by atoms with E-state index >= 15 is 0 Å². The number of carbonyl (C=O) groups excluding carboxylic acids is 1. The number of anilines is 1. The van der Waals surface area contributed by atoms with Crippen LogP contribution in [0.3, 0.4) is 0 Å². The highest BCUT2D eigenvalue weighted by Crippen LogP contribution is 2.20. The van der Waals surface area contributed by atoms with E-state index in [1.54, 1.807) is 24.3 Å². The van der Waals surface area contributed by atoms with Crippen LogP contribution in [-0.4, -0.2) is 5.91 Å². The zero-order chi connectivity index (χ0) is 14.7. The van der Waals surface area contributed by atoms with Crippen LogP contribution in [0.2, 0.25) is 0 Å². The standard InChI is InChI=1S/C15H15FN2O2/c1-9-6-10(15(18)19)2-3-11(9)8-20-12-4-5-14(17)13(16)7-12/h2-7H,8,17H2,1H3,(H2,18,19). The van der Waals surface area contributed by atoms with Crippen LogP contribution in [0.15, 0.2) is 36.4 Å². The Hall–Kier alpha value is -2.56. The number of halogens is 1. The summed E-state index contributed by atoms with van der Waals surface area (Å²) in [6.07, 6.45) is 0. The first-order valence-corrected chi connectivity index (χ1v) is 6.04. The van der Waals surface area contributed by atoms with E-state index in [1.807, 2.05) is 6.92 Å². The maximum atomic E-state index is 13.3. The molecule has 0 heterocycles. The molecule has 0 unspecified atom stereocenters. The molecule has 0 spiro atoms. The van der Waals surface area contributed by atoms with Crippen molar-refractivity contribution >= 4 is 11.6 Å².